The van der Waals surface area contributed by atoms with Crippen LogP contribution in [-0.4, -0.2) is 25.0 Å². The molecule has 2 aromatic rings. The summed E-state index contributed by atoms with van der Waals surface area (Å²) >= 11 is 6.06. The van der Waals surface area contributed by atoms with Gasteiger partial charge in [0.15, 0.2) is 0 Å². The van der Waals surface area contributed by atoms with Crippen molar-refractivity contribution < 1.29 is 9.53 Å². The van der Waals surface area contributed by atoms with Crippen molar-refractivity contribution in [2.75, 3.05) is 6.61 Å². The van der Waals surface area contributed by atoms with Crippen molar-refractivity contribution in [2.24, 2.45) is 10.2 Å². The molecule has 0 atom stereocenters. The van der Waals surface area contributed by atoms with Crippen LogP contribution in [0.5, 0.6) is 0 Å². The van der Waals surface area contributed by atoms with Gasteiger partial charge in [0.1, 0.15) is 0 Å². The molecule has 0 radical (unpaired) electrons. The van der Waals surface area contributed by atoms with E-state index in [1.807, 2.05) is 30.3 Å². The summed E-state index contributed by atoms with van der Waals surface area (Å²) < 4.78 is 5.36. The second-order valence-corrected chi connectivity index (χ2v) is 7.65. The van der Waals surface area contributed by atoms with Crippen LogP contribution in [0, 0.1) is 0 Å². The van der Waals surface area contributed by atoms with E-state index >= 15 is 0 Å². The van der Waals surface area contributed by atoms with Gasteiger partial charge in [-0.25, -0.2) is 4.79 Å². The van der Waals surface area contributed by atoms with Crippen molar-refractivity contribution >= 4 is 30.0 Å². The highest BCUT2D eigenvalue weighted by Gasteiger charge is 2.06. The Hall–Kier alpha value is -2.46. The third kappa shape index (κ3) is 9.36. The first-order valence-electron chi connectivity index (χ1n) is 10.8. The topological polar surface area (TPSA) is 51.0 Å². The van der Waals surface area contributed by atoms with Gasteiger partial charge in [0, 0.05) is 10.6 Å². The number of ether oxygens (including phenoxy) is 1. The Morgan fingerprint density at radius 1 is 0.867 bits per heavy atom. The number of carbonyl (C=O) groups is 1. The van der Waals surface area contributed by atoms with Crippen LogP contribution in [0.3, 0.4) is 0 Å². The summed E-state index contributed by atoms with van der Waals surface area (Å²) in [7, 11) is 0. The Bertz CT molecular complexity index is 816. The number of benzene rings is 2. The molecule has 0 amide bonds. The lowest BCUT2D eigenvalue weighted by Crippen LogP contribution is -2.06. The van der Waals surface area contributed by atoms with Crippen molar-refractivity contribution in [3.05, 3.63) is 70.2 Å². The number of halogens is 1. The van der Waals surface area contributed by atoms with Crippen LogP contribution in [-0.2, 0) is 4.74 Å². The van der Waals surface area contributed by atoms with Crippen LogP contribution >= 0.6 is 11.6 Å². The number of nitrogens with zero attached hydrogens (tertiary/aromatic N) is 2. The summed E-state index contributed by atoms with van der Waals surface area (Å²) in [6.07, 6.45) is 13.0. The molecule has 4 nitrogen and oxygen atoms in total. The average molecular weight is 427 g/mol. The zero-order valence-corrected chi connectivity index (χ0v) is 18.5. The first-order chi connectivity index (χ1) is 14.7. The maximum atomic E-state index is 12.1. The van der Waals surface area contributed by atoms with Crippen LogP contribution < -0.4 is 0 Å². The van der Waals surface area contributed by atoms with Crippen molar-refractivity contribution in [2.45, 2.75) is 58.3 Å². The lowest BCUT2D eigenvalue weighted by atomic mass is 10.1. The molecular weight excluding hydrogens is 396 g/mol. The molecule has 0 aliphatic carbocycles. The Balaban J connectivity index is 1.67. The molecule has 0 bridgehead atoms. The average Bonchev–Trinajstić information content (AvgIpc) is 2.77. The van der Waals surface area contributed by atoms with E-state index in [0.717, 1.165) is 24.0 Å². The number of unbranched alkanes of at least 4 members (excludes halogenated alkanes) is 7. The Morgan fingerprint density at radius 3 is 2.20 bits per heavy atom. The number of carbonyl (C=O) groups excluding carboxylic acids is 1. The number of hydrogen-bond acceptors (Lipinski definition) is 4. The Kier molecular flexibility index (Phi) is 11.5. The summed E-state index contributed by atoms with van der Waals surface area (Å²) in [6, 6.07) is 14.6. The lowest BCUT2D eigenvalue weighted by Gasteiger charge is -2.05. The van der Waals surface area contributed by atoms with E-state index in [-0.39, 0.29) is 5.97 Å². The second-order valence-electron chi connectivity index (χ2n) is 7.24. The van der Waals surface area contributed by atoms with Crippen LogP contribution in [0.1, 0.15) is 79.8 Å². The van der Waals surface area contributed by atoms with Gasteiger partial charge in [-0.05, 0) is 30.2 Å². The fraction of sp³-hybridized carbons (Fsp3) is 0.400. The molecule has 30 heavy (non-hydrogen) atoms. The van der Waals surface area contributed by atoms with Gasteiger partial charge in [-0.15, -0.1) is 0 Å². The monoisotopic (exact) mass is 426 g/mol. The summed E-state index contributed by atoms with van der Waals surface area (Å²) in [5.74, 6) is -0.279. The number of rotatable bonds is 13. The molecule has 0 saturated heterocycles. The first kappa shape index (κ1) is 23.8. The van der Waals surface area contributed by atoms with Gasteiger partial charge in [0.25, 0.3) is 0 Å². The zero-order chi connectivity index (χ0) is 21.4. The summed E-state index contributed by atoms with van der Waals surface area (Å²) in [4.78, 5) is 12.1. The van der Waals surface area contributed by atoms with Crippen molar-refractivity contribution in [1.82, 2.24) is 0 Å². The third-order valence-electron chi connectivity index (χ3n) is 4.75. The minimum atomic E-state index is -0.279. The SMILES string of the molecule is CCCCCCCCCCOC(=O)c1ccc(C=NN=Cc2ccccc2Cl)cc1. The van der Waals surface area contributed by atoms with Gasteiger partial charge in [-0.1, -0.05) is 93.8 Å². The lowest BCUT2D eigenvalue weighted by molar-refractivity contribution is 0.0497. The minimum absolute atomic E-state index is 0.279. The number of esters is 1. The van der Waals surface area contributed by atoms with Gasteiger partial charge < -0.3 is 4.74 Å². The van der Waals surface area contributed by atoms with E-state index in [0.29, 0.717) is 17.2 Å². The maximum Gasteiger partial charge on any atom is 0.338 e. The van der Waals surface area contributed by atoms with E-state index < -0.39 is 0 Å². The molecule has 2 rings (SSSR count). The second kappa shape index (κ2) is 14.5. The van der Waals surface area contributed by atoms with E-state index in [2.05, 4.69) is 17.1 Å². The van der Waals surface area contributed by atoms with E-state index in [1.165, 1.54) is 38.5 Å². The highest BCUT2D eigenvalue weighted by molar-refractivity contribution is 6.33. The number of hydrogen-bond donors (Lipinski definition) is 0. The molecule has 0 unspecified atom stereocenters. The molecule has 0 fully saturated rings. The molecule has 0 heterocycles. The fourth-order valence-corrected chi connectivity index (χ4v) is 3.15. The normalized spacial score (nSPS) is 11.4. The highest BCUT2D eigenvalue weighted by Crippen LogP contribution is 2.12. The van der Waals surface area contributed by atoms with Gasteiger partial charge >= 0.3 is 5.97 Å². The highest BCUT2D eigenvalue weighted by atomic mass is 35.5. The predicted molar refractivity (Wildman–Crippen MR) is 126 cm³/mol. The quantitative estimate of drug-likeness (QED) is 0.148. The van der Waals surface area contributed by atoms with Crippen LogP contribution in [0.2, 0.25) is 5.02 Å². The van der Waals surface area contributed by atoms with Crippen molar-refractivity contribution in [3.8, 4) is 0 Å². The maximum absolute atomic E-state index is 12.1. The van der Waals surface area contributed by atoms with Crippen molar-refractivity contribution in [1.29, 1.82) is 0 Å². The predicted octanol–water partition coefficient (Wildman–Crippen LogP) is 7.09. The van der Waals surface area contributed by atoms with Crippen LogP contribution in [0.4, 0.5) is 0 Å². The molecule has 0 saturated carbocycles. The minimum Gasteiger partial charge on any atom is -0.462 e. The Morgan fingerprint density at radius 2 is 1.50 bits per heavy atom. The molecule has 0 spiro atoms. The zero-order valence-electron chi connectivity index (χ0n) is 17.7. The fourth-order valence-electron chi connectivity index (χ4n) is 2.96. The summed E-state index contributed by atoms with van der Waals surface area (Å²) in [5, 5.41) is 8.66. The van der Waals surface area contributed by atoms with Gasteiger partial charge in [0.2, 0.25) is 0 Å². The van der Waals surface area contributed by atoms with E-state index in [9.17, 15) is 4.79 Å². The molecular formula is C25H31ClN2O2. The molecule has 0 aliphatic heterocycles. The summed E-state index contributed by atoms with van der Waals surface area (Å²) in [6.45, 7) is 2.71. The Labute approximate surface area is 185 Å². The van der Waals surface area contributed by atoms with E-state index in [1.54, 1.807) is 30.6 Å². The molecule has 2 aromatic carbocycles. The van der Waals surface area contributed by atoms with Crippen LogP contribution in [0.15, 0.2) is 58.7 Å². The smallest absolute Gasteiger partial charge is 0.338 e. The molecule has 0 aliphatic rings. The van der Waals surface area contributed by atoms with Gasteiger partial charge in [-0.2, -0.15) is 10.2 Å². The van der Waals surface area contributed by atoms with Gasteiger partial charge in [0.05, 0.1) is 24.6 Å². The molecule has 5 heteroatoms. The third-order valence-corrected chi connectivity index (χ3v) is 5.10. The molecule has 0 aromatic heterocycles. The first-order valence-corrected chi connectivity index (χ1v) is 11.2. The standard InChI is InChI=1S/C25H31ClN2O2/c1-2-3-4-5-6-7-8-11-18-30-25(29)22-16-14-21(15-17-22)19-27-28-20-23-12-9-10-13-24(23)26/h9-10,12-17,19-20H,2-8,11,18H2,1H3. The van der Waals surface area contributed by atoms with E-state index in [4.69, 9.17) is 16.3 Å². The van der Waals surface area contributed by atoms with Crippen molar-refractivity contribution in [3.63, 3.8) is 0 Å². The molecule has 160 valence electrons. The van der Waals surface area contributed by atoms with Crippen LogP contribution in [0.25, 0.3) is 0 Å². The largest absolute Gasteiger partial charge is 0.462 e. The van der Waals surface area contributed by atoms with Gasteiger partial charge in [-0.3, -0.25) is 0 Å². The summed E-state index contributed by atoms with van der Waals surface area (Å²) in [5.41, 5.74) is 2.21. The molecule has 0 N–H and O–H groups in total.